The predicted octanol–water partition coefficient (Wildman–Crippen LogP) is -11.2. The third-order valence-corrected chi connectivity index (χ3v) is 0. The summed E-state index contributed by atoms with van der Waals surface area (Å²) in [4.78, 5) is 0. The second kappa shape index (κ2) is 123. The molecule has 137 valence electrons. The molecule has 0 aliphatic rings. The van der Waals surface area contributed by atoms with Gasteiger partial charge in [-0.15, -0.1) is 0 Å². The molecule has 1 radical (unpaired) electrons. The van der Waals surface area contributed by atoms with Gasteiger partial charge in [-0.05, 0) is 0 Å². The topological polar surface area (TPSA) is 458 Å². The van der Waals surface area contributed by atoms with Crippen molar-refractivity contribution in [3.8, 4) is 0 Å². The Labute approximate surface area is 111 Å². The van der Waals surface area contributed by atoms with E-state index < -0.39 is 10.4 Å². The predicted molar refractivity (Wildman–Crippen MR) is 53.8 cm³/mol. The van der Waals surface area contributed by atoms with E-state index in [0.29, 0.717) is 0 Å². The molecule has 0 spiro atoms. The zero-order valence-electron chi connectivity index (χ0n) is 8.34. The summed E-state index contributed by atoms with van der Waals surface area (Å²) in [5.41, 5.74) is 0. The van der Waals surface area contributed by atoms with Crippen molar-refractivity contribution >= 4 is 10.4 Å². The summed E-state index contributed by atoms with van der Waals surface area (Å²) < 4.78 is 34.1. The Morgan fingerprint density at radius 2 is 0.444 bits per heavy atom. The van der Waals surface area contributed by atoms with Gasteiger partial charge in [-0.3, -0.25) is 8.42 Å². The minimum absolute atomic E-state index is 0. The first kappa shape index (κ1) is 335. The molecular formula is H24CuO16S. The Hall–Kier alpha value is -0.0905. The van der Waals surface area contributed by atoms with E-state index >= 15 is 0 Å². The van der Waals surface area contributed by atoms with Crippen LogP contribution in [0.2, 0.25) is 0 Å². The largest absolute Gasteiger partial charge is 2.00 e. The second-order valence-electron chi connectivity index (χ2n) is 0.408. The molecule has 0 aliphatic heterocycles. The first-order valence-electron chi connectivity index (χ1n) is 0.667. The van der Waals surface area contributed by atoms with Gasteiger partial charge in [-0.2, -0.15) is 0 Å². The van der Waals surface area contributed by atoms with Gasteiger partial charge < -0.3 is 74.8 Å². The molecule has 0 heterocycles. The van der Waals surface area contributed by atoms with Crippen molar-refractivity contribution in [1.82, 2.24) is 0 Å². The molecule has 0 bridgehead atoms. The molecule has 24 N–H and O–H groups in total. The van der Waals surface area contributed by atoms with Crippen LogP contribution in [0.3, 0.4) is 0 Å². The van der Waals surface area contributed by atoms with Gasteiger partial charge in [-0.25, -0.2) is 0 Å². The molecule has 0 rings (SSSR count). The molecule has 0 aromatic heterocycles. The van der Waals surface area contributed by atoms with Gasteiger partial charge in [0.05, 0.1) is 0 Å². The summed E-state index contributed by atoms with van der Waals surface area (Å²) >= 11 is 0. The van der Waals surface area contributed by atoms with Crippen molar-refractivity contribution in [3.05, 3.63) is 0 Å². The van der Waals surface area contributed by atoms with Crippen molar-refractivity contribution in [2.75, 3.05) is 0 Å². The van der Waals surface area contributed by atoms with E-state index in [1.807, 2.05) is 0 Å². The van der Waals surface area contributed by atoms with Gasteiger partial charge >= 0.3 is 17.1 Å². The van der Waals surface area contributed by atoms with Gasteiger partial charge in [0.25, 0.3) is 0 Å². The Kier molecular flexibility index (Phi) is 2280. The number of hydrogen-bond acceptors (Lipinski definition) is 4. The van der Waals surface area contributed by atoms with Crippen molar-refractivity contribution in [3.63, 3.8) is 0 Å². The van der Waals surface area contributed by atoms with Crippen LogP contribution in [-0.4, -0.2) is 83.2 Å². The van der Waals surface area contributed by atoms with Crippen molar-refractivity contribution in [2.24, 2.45) is 0 Å². The molecule has 0 atom stereocenters. The summed E-state index contributed by atoms with van der Waals surface area (Å²) in [6.07, 6.45) is 0. The van der Waals surface area contributed by atoms with Gasteiger partial charge in [0.15, 0.2) is 0 Å². The monoisotopic (exact) mass is 375 g/mol. The van der Waals surface area contributed by atoms with Gasteiger partial charge in [0.2, 0.25) is 0 Å². The second-order valence-corrected chi connectivity index (χ2v) is 1.22. The maximum Gasteiger partial charge on any atom is 2.00 e. The van der Waals surface area contributed by atoms with E-state index in [1.165, 1.54) is 0 Å². The van der Waals surface area contributed by atoms with Crippen LogP contribution in [0.15, 0.2) is 0 Å². The average Bonchev–Trinajstić information content (AvgIpc) is 0.722. The molecule has 18 heteroatoms. The fraction of sp³-hybridized carbons (Fsp3) is 0. The summed E-state index contributed by atoms with van der Waals surface area (Å²) in [5, 5.41) is 0. The Bertz CT molecular complexity index is 94.3. The first-order chi connectivity index (χ1) is 2.00. The van der Waals surface area contributed by atoms with Crippen LogP contribution in [0, 0.1) is 0 Å². The van der Waals surface area contributed by atoms with E-state index in [2.05, 4.69) is 0 Å². The molecule has 0 aromatic carbocycles. The summed E-state index contributed by atoms with van der Waals surface area (Å²) in [5.74, 6) is 0. The zero-order chi connectivity index (χ0) is 4.50. The number of hydrogen-bond donors (Lipinski definition) is 0. The van der Waals surface area contributed by atoms with E-state index in [-0.39, 0.29) is 82.8 Å². The minimum Gasteiger partial charge on any atom is -0.759 e. The van der Waals surface area contributed by atoms with Crippen LogP contribution in [0.5, 0.6) is 0 Å². The van der Waals surface area contributed by atoms with Crippen LogP contribution in [0.4, 0.5) is 0 Å². The maximum absolute atomic E-state index is 8.52. The Balaban J connectivity index is -0.00000000103. The maximum atomic E-state index is 8.52. The van der Waals surface area contributed by atoms with E-state index in [0.717, 1.165) is 0 Å². The van der Waals surface area contributed by atoms with Gasteiger partial charge in [0.1, 0.15) is 0 Å². The van der Waals surface area contributed by atoms with Crippen molar-refractivity contribution in [1.29, 1.82) is 0 Å². The summed E-state index contributed by atoms with van der Waals surface area (Å²) in [7, 11) is -5.17. The molecule has 0 saturated heterocycles. The fourth-order valence-electron chi connectivity index (χ4n) is 0. The Morgan fingerprint density at radius 3 is 0.444 bits per heavy atom. The summed E-state index contributed by atoms with van der Waals surface area (Å²) in [6, 6.07) is 0. The molecule has 0 amide bonds. The normalized spacial score (nSPS) is 3.22. The van der Waals surface area contributed by atoms with Crippen LogP contribution in [0.1, 0.15) is 0 Å². The van der Waals surface area contributed by atoms with E-state index in [4.69, 9.17) is 17.5 Å². The van der Waals surface area contributed by atoms with Gasteiger partial charge in [-0.1, -0.05) is 0 Å². The molecule has 18 heavy (non-hydrogen) atoms. The SMILES string of the molecule is O.O.O.O.O.O.O.O.O.O.O.O.O=S(=O)([O-])[O-].[Cu+2]. The van der Waals surface area contributed by atoms with Crippen molar-refractivity contribution < 1.29 is 100 Å². The zero-order valence-corrected chi connectivity index (χ0v) is 10.1. The molecule has 0 aliphatic carbocycles. The minimum atomic E-state index is -5.17. The van der Waals surface area contributed by atoms with Crippen LogP contribution in [-0.2, 0) is 27.5 Å². The standard InChI is InChI=1S/Cu.H2O4S.12H2O/c;1-5(2,3)4;;;;;;;;;;;;/h;(H2,1,2,3,4);12*1H2/q+2;;;;;;;;;;;;;/p-2. The quantitative estimate of drug-likeness (QED) is 0.225. The van der Waals surface area contributed by atoms with E-state index in [1.54, 1.807) is 0 Å². The smallest absolute Gasteiger partial charge is 0.759 e. The molecule has 16 nitrogen and oxygen atoms in total. The molecular weight excluding hydrogens is 352 g/mol. The first-order valence-corrected chi connectivity index (χ1v) is 2.00. The molecule has 0 unspecified atom stereocenters. The Morgan fingerprint density at radius 1 is 0.444 bits per heavy atom. The van der Waals surface area contributed by atoms with Crippen molar-refractivity contribution in [2.45, 2.75) is 0 Å². The van der Waals surface area contributed by atoms with Crippen LogP contribution < -0.4 is 0 Å². The summed E-state index contributed by atoms with van der Waals surface area (Å²) in [6.45, 7) is 0. The molecule has 0 fully saturated rings. The average molecular weight is 376 g/mol. The molecule has 0 aromatic rings. The van der Waals surface area contributed by atoms with Crippen LogP contribution >= 0.6 is 0 Å². The number of rotatable bonds is 0. The van der Waals surface area contributed by atoms with Gasteiger partial charge in [0, 0.05) is 10.4 Å². The fourth-order valence-corrected chi connectivity index (χ4v) is 0. The van der Waals surface area contributed by atoms with E-state index in [9.17, 15) is 0 Å². The van der Waals surface area contributed by atoms with Crippen LogP contribution in [0.25, 0.3) is 0 Å². The third kappa shape index (κ3) is 432000. The third-order valence-electron chi connectivity index (χ3n) is 0. The molecule has 0 saturated carbocycles.